The molecule has 1 N–H and O–H groups in total. The van der Waals surface area contributed by atoms with Crippen molar-refractivity contribution in [1.82, 2.24) is 0 Å². The van der Waals surface area contributed by atoms with Gasteiger partial charge in [-0.2, -0.15) is 0 Å². The zero-order valence-electron chi connectivity index (χ0n) is 16.9. The standard InChI is InChI=1S/C28H24N2/c1-2-10-19(11-3-1)30-26-15-5-4-12-20(26)23-16-22-21-13-6-8-18-9-7-14-24(28(18)21)29-25(22)17-27(23)30/h1-10,12,14-16,19,21,27,29H,11,13,17H2. The second-order valence-corrected chi connectivity index (χ2v) is 8.92. The first-order valence-electron chi connectivity index (χ1n) is 11.1. The minimum atomic E-state index is 0.402. The van der Waals surface area contributed by atoms with Gasteiger partial charge in [-0.1, -0.05) is 72.9 Å². The van der Waals surface area contributed by atoms with E-state index in [9.17, 15) is 0 Å². The van der Waals surface area contributed by atoms with Crippen LogP contribution >= 0.6 is 0 Å². The van der Waals surface area contributed by atoms with E-state index in [1.54, 1.807) is 0 Å². The van der Waals surface area contributed by atoms with Crippen LogP contribution in [0.1, 0.15) is 41.9 Å². The lowest BCUT2D eigenvalue weighted by Gasteiger charge is -2.40. The van der Waals surface area contributed by atoms with Crippen molar-refractivity contribution in [3.05, 3.63) is 107 Å². The highest BCUT2D eigenvalue weighted by Gasteiger charge is 2.42. The van der Waals surface area contributed by atoms with E-state index in [2.05, 4.69) is 95.2 Å². The molecule has 3 aliphatic carbocycles. The Bertz CT molecular complexity index is 1220. The highest BCUT2D eigenvalue weighted by Crippen LogP contribution is 2.53. The highest BCUT2D eigenvalue weighted by atomic mass is 15.2. The second-order valence-electron chi connectivity index (χ2n) is 8.92. The Morgan fingerprint density at radius 3 is 2.83 bits per heavy atom. The third kappa shape index (κ3) is 2.19. The molecule has 2 heterocycles. The molecule has 30 heavy (non-hydrogen) atoms. The summed E-state index contributed by atoms with van der Waals surface area (Å²) in [6.45, 7) is 0. The van der Waals surface area contributed by atoms with Crippen molar-refractivity contribution in [3.8, 4) is 0 Å². The van der Waals surface area contributed by atoms with E-state index in [4.69, 9.17) is 0 Å². The SMILES string of the molecule is C1=CCC(N2c3ccccc3C3=CC4=C(CC32)Nc2cccc3c2C4CC=C3)C=C1. The predicted octanol–water partition coefficient (Wildman–Crippen LogP) is 6.43. The van der Waals surface area contributed by atoms with E-state index >= 15 is 0 Å². The van der Waals surface area contributed by atoms with Crippen LogP contribution in [0.3, 0.4) is 0 Å². The molecule has 2 aromatic carbocycles. The van der Waals surface area contributed by atoms with Gasteiger partial charge in [-0.3, -0.25) is 0 Å². The normalized spacial score (nSPS) is 27.1. The van der Waals surface area contributed by atoms with Crippen LogP contribution in [0.25, 0.3) is 11.6 Å². The number of benzene rings is 2. The fourth-order valence-corrected chi connectivity index (χ4v) is 6.13. The molecule has 2 heteroatoms. The number of para-hydroxylation sites is 1. The molecule has 0 amide bonds. The Labute approximate surface area is 177 Å². The molecule has 0 saturated carbocycles. The Kier molecular flexibility index (Phi) is 3.37. The summed E-state index contributed by atoms with van der Waals surface area (Å²) in [4.78, 5) is 2.67. The maximum absolute atomic E-state index is 3.84. The summed E-state index contributed by atoms with van der Waals surface area (Å²) in [6.07, 6.45) is 19.4. The molecule has 0 spiro atoms. The van der Waals surface area contributed by atoms with E-state index in [1.165, 1.54) is 44.9 Å². The lowest BCUT2D eigenvalue weighted by Crippen LogP contribution is -2.42. The molecule has 5 aliphatic rings. The fourth-order valence-electron chi connectivity index (χ4n) is 6.13. The van der Waals surface area contributed by atoms with Gasteiger partial charge < -0.3 is 10.2 Å². The number of fused-ring (bicyclic) bond motifs is 4. The third-order valence-electron chi connectivity index (χ3n) is 7.38. The Hall–Kier alpha value is -3.26. The molecule has 0 radical (unpaired) electrons. The lowest BCUT2D eigenvalue weighted by atomic mass is 9.74. The summed E-state index contributed by atoms with van der Waals surface area (Å²) < 4.78 is 0. The van der Waals surface area contributed by atoms with Crippen LogP contribution < -0.4 is 10.2 Å². The molecule has 2 aromatic rings. The van der Waals surface area contributed by atoms with Crippen molar-refractivity contribution in [2.75, 3.05) is 10.2 Å². The lowest BCUT2D eigenvalue weighted by molar-refractivity contribution is 0.623. The Balaban J connectivity index is 1.37. The largest absolute Gasteiger partial charge is 0.358 e. The number of anilines is 2. The summed E-state index contributed by atoms with van der Waals surface area (Å²) in [5, 5.41) is 3.84. The molecular weight excluding hydrogens is 364 g/mol. The van der Waals surface area contributed by atoms with Crippen LogP contribution in [-0.2, 0) is 0 Å². The Morgan fingerprint density at radius 1 is 0.933 bits per heavy atom. The van der Waals surface area contributed by atoms with E-state index in [0.29, 0.717) is 18.0 Å². The topological polar surface area (TPSA) is 15.3 Å². The molecule has 2 aliphatic heterocycles. The summed E-state index contributed by atoms with van der Waals surface area (Å²) >= 11 is 0. The van der Waals surface area contributed by atoms with Crippen LogP contribution in [0.4, 0.5) is 11.4 Å². The molecule has 0 saturated heterocycles. The van der Waals surface area contributed by atoms with Crippen molar-refractivity contribution in [3.63, 3.8) is 0 Å². The average Bonchev–Trinajstić information content (AvgIpc) is 3.12. The second kappa shape index (κ2) is 6.12. The summed E-state index contributed by atoms with van der Waals surface area (Å²) in [5.74, 6) is 0.477. The number of nitrogens with zero attached hydrogens (tertiary/aromatic N) is 1. The zero-order valence-corrected chi connectivity index (χ0v) is 16.9. The highest BCUT2D eigenvalue weighted by molar-refractivity contribution is 5.92. The maximum atomic E-state index is 3.84. The first kappa shape index (κ1) is 16.5. The molecule has 146 valence electrons. The zero-order chi connectivity index (χ0) is 19.7. The van der Waals surface area contributed by atoms with E-state index in [1.807, 2.05) is 0 Å². The van der Waals surface area contributed by atoms with Crippen LogP contribution in [0.15, 0.2) is 90.2 Å². The molecule has 3 atom stereocenters. The maximum Gasteiger partial charge on any atom is 0.0610 e. The van der Waals surface area contributed by atoms with Gasteiger partial charge in [0.1, 0.15) is 0 Å². The van der Waals surface area contributed by atoms with Gasteiger partial charge in [0.2, 0.25) is 0 Å². The van der Waals surface area contributed by atoms with Gasteiger partial charge in [0.05, 0.1) is 12.1 Å². The van der Waals surface area contributed by atoms with Crippen LogP contribution in [0.2, 0.25) is 0 Å². The van der Waals surface area contributed by atoms with Crippen LogP contribution in [-0.4, -0.2) is 12.1 Å². The quantitative estimate of drug-likeness (QED) is 0.606. The number of rotatable bonds is 1. The number of nitrogens with one attached hydrogen (secondary N) is 1. The van der Waals surface area contributed by atoms with Gasteiger partial charge in [-0.25, -0.2) is 0 Å². The summed E-state index contributed by atoms with van der Waals surface area (Å²) in [6, 6.07) is 16.5. The van der Waals surface area contributed by atoms with Gasteiger partial charge >= 0.3 is 0 Å². The van der Waals surface area contributed by atoms with E-state index in [0.717, 1.165) is 19.3 Å². The van der Waals surface area contributed by atoms with Crippen molar-refractivity contribution >= 4 is 23.0 Å². The number of hydrogen-bond donors (Lipinski definition) is 1. The molecule has 7 rings (SSSR count). The summed E-state index contributed by atoms with van der Waals surface area (Å²) in [5.41, 5.74) is 11.4. The van der Waals surface area contributed by atoms with Crippen LogP contribution in [0.5, 0.6) is 0 Å². The number of allylic oxidation sites excluding steroid dienone is 5. The fraction of sp³-hybridized carbons (Fsp3) is 0.214. The Morgan fingerprint density at radius 2 is 1.90 bits per heavy atom. The molecule has 3 unspecified atom stereocenters. The smallest absolute Gasteiger partial charge is 0.0610 e. The van der Waals surface area contributed by atoms with E-state index in [-0.39, 0.29) is 0 Å². The van der Waals surface area contributed by atoms with Crippen molar-refractivity contribution in [1.29, 1.82) is 0 Å². The average molecular weight is 389 g/mol. The number of hydrogen-bond acceptors (Lipinski definition) is 2. The van der Waals surface area contributed by atoms with Gasteiger partial charge in [0, 0.05) is 35.0 Å². The molecule has 2 nitrogen and oxygen atoms in total. The van der Waals surface area contributed by atoms with Gasteiger partial charge in [-0.15, -0.1) is 0 Å². The van der Waals surface area contributed by atoms with Crippen molar-refractivity contribution < 1.29 is 0 Å². The van der Waals surface area contributed by atoms with E-state index < -0.39 is 0 Å². The third-order valence-corrected chi connectivity index (χ3v) is 7.38. The first-order chi connectivity index (χ1) is 14.9. The minimum absolute atomic E-state index is 0.402. The summed E-state index contributed by atoms with van der Waals surface area (Å²) in [7, 11) is 0. The van der Waals surface area contributed by atoms with Gasteiger partial charge in [0.25, 0.3) is 0 Å². The first-order valence-corrected chi connectivity index (χ1v) is 11.1. The molecular formula is C28H24N2. The predicted molar refractivity (Wildman–Crippen MR) is 125 cm³/mol. The van der Waals surface area contributed by atoms with Gasteiger partial charge in [0.15, 0.2) is 0 Å². The van der Waals surface area contributed by atoms with Crippen molar-refractivity contribution in [2.24, 2.45) is 0 Å². The van der Waals surface area contributed by atoms with Gasteiger partial charge in [-0.05, 0) is 47.2 Å². The molecule has 0 fully saturated rings. The molecule has 0 aromatic heterocycles. The van der Waals surface area contributed by atoms with Crippen molar-refractivity contribution in [2.45, 2.75) is 37.3 Å². The minimum Gasteiger partial charge on any atom is -0.358 e. The van der Waals surface area contributed by atoms with Crippen LogP contribution in [0, 0.1) is 0 Å². The monoisotopic (exact) mass is 388 g/mol. The molecule has 0 bridgehead atoms.